The summed E-state index contributed by atoms with van der Waals surface area (Å²) in [6.07, 6.45) is 1.64. The van der Waals surface area contributed by atoms with Crippen LogP contribution in [0.5, 0.6) is 0 Å². The molecule has 24 heavy (non-hydrogen) atoms. The van der Waals surface area contributed by atoms with Crippen LogP contribution in [0.2, 0.25) is 0 Å². The summed E-state index contributed by atoms with van der Waals surface area (Å²) in [5, 5.41) is 0. The monoisotopic (exact) mass is 320 g/mol. The Morgan fingerprint density at radius 1 is 1.04 bits per heavy atom. The Hall–Kier alpha value is -2.62. The highest BCUT2D eigenvalue weighted by Crippen LogP contribution is 2.35. The highest BCUT2D eigenvalue weighted by molar-refractivity contribution is 6.11. The van der Waals surface area contributed by atoms with Crippen molar-refractivity contribution in [3.05, 3.63) is 65.2 Å². The van der Waals surface area contributed by atoms with Crippen LogP contribution in [-0.4, -0.2) is 29.3 Å². The van der Waals surface area contributed by atoms with Gasteiger partial charge >= 0.3 is 0 Å². The fourth-order valence-corrected chi connectivity index (χ4v) is 3.82. The van der Waals surface area contributed by atoms with E-state index in [4.69, 9.17) is 0 Å². The van der Waals surface area contributed by atoms with Crippen molar-refractivity contribution in [2.45, 2.75) is 32.4 Å². The molecular weight excluding hydrogens is 300 g/mol. The van der Waals surface area contributed by atoms with E-state index in [1.165, 1.54) is 0 Å². The first-order valence-corrected chi connectivity index (χ1v) is 8.42. The standard InChI is InChI=1S/C20H20N2O2/c1-14-7-5-10-16-18(14)22(13-15-8-3-2-4-9-15)20(24)17-11-6-12-21(17)19(16)23/h2-5,7-10,17H,6,11-13H2,1H3/t17-/m0/s1. The lowest BCUT2D eigenvalue weighted by atomic mass is 10.0. The van der Waals surface area contributed by atoms with E-state index in [0.717, 1.165) is 29.7 Å². The minimum atomic E-state index is -0.326. The van der Waals surface area contributed by atoms with E-state index >= 15 is 0 Å². The van der Waals surface area contributed by atoms with Gasteiger partial charge in [0.25, 0.3) is 5.91 Å². The number of anilines is 1. The van der Waals surface area contributed by atoms with E-state index in [1.807, 2.05) is 60.4 Å². The molecule has 122 valence electrons. The van der Waals surface area contributed by atoms with Crippen molar-refractivity contribution < 1.29 is 9.59 Å². The van der Waals surface area contributed by atoms with Gasteiger partial charge in [-0.1, -0.05) is 42.5 Å². The molecule has 4 heteroatoms. The van der Waals surface area contributed by atoms with Gasteiger partial charge in [-0.3, -0.25) is 9.59 Å². The lowest BCUT2D eigenvalue weighted by molar-refractivity contribution is -0.122. The number of aryl methyl sites for hydroxylation is 1. The second kappa shape index (κ2) is 5.78. The van der Waals surface area contributed by atoms with Gasteiger partial charge in [-0.15, -0.1) is 0 Å². The highest BCUT2D eigenvalue weighted by atomic mass is 16.2. The molecule has 4 rings (SSSR count). The van der Waals surface area contributed by atoms with Gasteiger partial charge < -0.3 is 9.80 Å². The number of fused-ring (bicyclic) bond motifs is 2. The maximum absolute atomic E-state index is 13.2. The van der Waals surface area contributed by atoms with Gasteiger partial charge in [0.1, 0.15) is 6.04 Å². The van der Waals surface area contributed by atoms with Crippen molar-refractivity contribution in [1.29, 1.82) is 0 Å². The SMILES string of the molecule is Cc1cccc2c1N(Cc1ccccc1)C(=O)[C@@H]1CCCN1C2=O. The number of rotatable bonds is 2. The topological polar surface area (TPSA) is 40.6 Å². The molecule has 4 nitrogen and oxygen atoms in total. The van der Waals surface area contributed by atoms with Crippen LogP contribution >= 0.6 is 0 Å². The van der Waals surface area contributed by atoms with Gasteiger partial charge in [0.05, 0.1) is 17.8 Å². The minimum absolute atomic E-state index is 0.0138. The van der Waals surface area contributed by atoms with E-state index in [2.05, 4.69) is 0 Å². The van der Waals surface area contributed by atoms with E-state index in [-0.39, 0.29) is 17.9 Å². The smallest absolute Gasteiger partial charge is 0.256 e. The first kappa shape index (κ1) is 14.9. The summed E-state index contributed by atoms with van der Waals surface area (Å²) in [6.45, 7) is 3.13. The summed E-state index contributed by atoms with van der Waals surface area (Å²) in [5.41, 5.74) is 3.44. The van der Waals surface area contributed by atoms with Gasteiger partial charge in [-0.25, -0.2) is 0 Å². The molecule has 0 aromatic heterocycles. The van der Waals surface area contributed by atoms with E-state index < -0.39 is 0 Å². The fourth-order valence-electron chi connectivity index (χ4n) is 3.82. The van der Waals surface area contributed by atoms with Crippen molar-refractivity contribution in [3.63, 3.8) is 0 Å². The largest absolute Gasteiger partial charge is 0.327 e. The van der Waals surface area contributed by atoms with Crippen LogP contribution in [0, 0.1) is 6.92 Å². The Labute approximate surface area is 141 Å². The summed E-state index contributed by atoms with van der Waals surface area (Å²) in [6, 6.07) is 15.3. The summed E-state index contributed by atoms with van der Waals surface area (Å²) in [4.78, 5) is 29.8. The zero-order valence-corrected chi connectivity index (χ0v) is 13.7. The third-order valence-corrected chi connectivity index (χ3v) is 4.99. The van der Waals surface area contributed by atoms with E-state index in [1.54, 1.807) is 4.90 Å². The average Bonchev–Trinajstić information content (AvgIpc) is 3.06. The van der Waals surface area contributed by atoms with Gasteiger partial charge in [-0.2, -0.15) is 0 Å². The Morgan fingerprint density at radius 2 is 1.83 bits per heavy atom. The molecule has 0 spiro atoms. The molecule has 2 aliphatic rings. The minimum Gasteiger partial charge on any atom is -0.327 e. The van der Waals surface area contributed by atoms with Crippen LogP contribution in [0.4, 0.5) is 5.69 Å². The molecule has 0 bridgehead atoms. The van der Waals surface area contributed by atoms with Gasteiger partial charge in [0.15, 0.2) is 0 Å². The highest BCUT2D eigenvalue weighted by Gasteiger charge is 2.42. The van der Waals surface area contributed by atoms with E-state index in [0.29, 0.717) is 18.7 Å². The predicted molar refractivity (Wildman–Crippen MR) is 92.9 cm³/mol. The second-order valence-electron chi connectivity index (χ2n) is 6.54. The molecule has 0 aliphatic carbocycles. The van der Waals surface area contributed by atoms with Crippen LogP contribution in [-0.2, 0) is 11.3 Å². The Kier molecular flexibility index (Phi) is 3.60. The molecule has 0 saturated carbocycles. The first-order valence-electron chi connectivity index (χ1n) is 8.42. The summed E-state index contributed by atoms with van der Waals surface area (Å²) < 4.78 is 0. The summed E-state index contributed by atoms with van der Waals surface area (Å²) >= 11 is 0. The summed E-state index contributed by atoms with van der Waals surface area (Å²) in [5.74, 6) is 0.0258. The van der Waals surface area contributed by atoms with Crippen LogP contribution < -0.4 is 4.90 Å². The van der Waals surface area contributed by atoms with Crippen molar-refractivity contribution >= 4 is 17.5 Å². The van der Waals surface area contributed by atoms with Crippen LogP contribution in [0.15, 0.2) is 48.5 Å². The van der Waals surface area contributed by atoms with Crippen molar-refractivity contribution in [3.8, 4) is 0 Å². The molecule has 2 heterocycles. The Balaban J connectivity index is 1.85. The van der Waals surface area contributed by atoms with Crippen LogP contribution in [0.3, 0.4) is 0 Å². The lowest BCUT2D eigenvalue weighted by Crippen LogP contribution is -2.44. The zero-order chi connectivity index (χ0) is 16.7. The van der Waals surface area contributed by atoms with Crippen molar-refractivity contribution in [2.75, 3.05) is 11.4 Å². The zero-order valence-electron chi connectivity index (χ0n) is 13.7. The number of carbonyl (C=O) groups excluding carboxylic acids is 2. The molecule has 2 amide bonds. The quantitative estimate of drug-likeness (QED) is 0.853. The number of hydrogen-bond acceptors (Lipinski definition) is 2. The summed E-state index contributed by atoms with van der Waals surface area (Å²) in [7, 11) is 0. The molecule has 1 saturated heterocycles. The molecular formula is C20H20N2O2. The molecule has 0 radical (unpaired) electrons. The number of hydrogen-bond donors (Lipinski definition) is 0. The molecule has 1 atom stereocenters. The molecule has 0 N–H and O–H groups in total. The normalized spacial score (nSPS) is 20.0. The number of nitrogens with zero attached hydrogens (tertiary/aromatic N) is 2. The van der Waals surface area contributed by atoms with Crippen molar-refractivity contribution in [2.24, 2.45) is 0 Å². The molecule has 0 unspecified atom stereocenters. The third kappa shape index (κ3) is 2.30. The number of carbonyl (C=O) groups is 2. The molecule has 2 aliphatic heterocycles. The van der Waals surface area contributed by atoms with Gasteiger partial charge in [-0.05, 0) is 37.0 Å². The van der Waals surface area contributed by atoms with Crippen molar-refractivity contribution in [1.82, 2.24) is 4.90 Å². The van der Waals surface area contributed by atoms with Crippen LogP contribution in [0.25, 0.3) is 0 Å². The predicted octanol–water partition coefficient (Wildman–Crippen LogP) is 3.15. The maximum Gasteiger partial charge on any atom is 0.256 e. The maximum atomic E-state index is 13.2. The molecule has 1 fully saturated rings. The Morgan fingerprint density at radius 3 is 2.62 bits per heavy atom. The van der Waals surface area contributed by atoms with Crippen LogP contribution in [0.1, 0.15) is 34.3 Å². The number of benzene rings is 2. The van der Waals surface area contributed by atoms with Gasteiger partial charge in [0, 0.05) is 6.54 Å². The number of para-hydroxylation sites is 1. The molecule has 2 aromatic rings. The first-order chi connectivity index (χ1) is 11.7. The number of amides is 2. The molecule has 2 aromatic carbocycles. The third-order valence-electron chi connectivity index (χ3n) is 4.99. The average molecular weight is 320 g/mol. The Bertz CT molecular complexity index is 801. The fraction of sp³-hybridized carbons (Fsp3) is 0.300. The van der Waals surface area contributed by atoms with Gasteiger partial charge in [0.2, 0.25) is 5.91 Å². The lowest BCUT2D eigenvalue weighted by Gasteiger charge is -2.27. The second-order valence-corrected chi connectivity index (χ2v) is 6.54. The van der Waals surface area contributed by atoms with E-state index in [9.17, 15) is 9.59 Å².